The van der Waals surface area contributed by atoms with Crippen molar-refractivity contribution in [3.63, 3.8) is 0 Å². The summed E-state index contributed by atoms with van der Waals surface area (Å²) in [4.78, 5) is 0. The molecule has 4 heteroatoms. The van der Waals surface area contributed by atoms with Gasteiger partial charge in [-0.3, -0.25) is 0 Å². The molecule has 2 aromatic rings. The summed E-state index contributed by atoms with van der Waals surface area (Å²) in [6.45, 7) is 2.28. The SMILES string of the molecule is CC(CCc1ccc(O)cc1)C(O)c1ccc(O)cc1CN. The maximum atomic E-state index is 10.5. The Balaban J connectivity index is 2.02. The molecule has 2 rings (SSSR count). The molecule has 0 aliphatic carbocycles. The highest BCUT2D eigenvalue weighted by molar-refractivity contribution is 5.36. The van der Waals surface area contributed by atoms with Gasteiger partial charge < -0.3 is 21.1 Å². The van der Waals surface area contributed by atoms with E-state index in [1.807, 2.05) is 19.1 Å². The largest absolute Gasteiger partial charge is 0.508 e. The molecular formula is C18H23NO3. The van der Waals surface area contributed by atoms with Gasteiger partial charge in [0.1, 0.15) is 11.5 Å². The smallest absolute Gasteiger partial charge is 0.115 e. The summed E-state index contributed by atoms with van der Waals surface area (Å²) in [5.74, 6) is 0.477. The number of phenolic OH excluding ortho intramolecular Hbond substituents is 2. The second kappa shape index (κ2) is 7.29. The van der Waals surface area contributed by atoms with Gasteiger partial charge in [0, 0.05) is 6.54 Å². The molecule has 0 aliphatic rings. The lowest BCUT2D eigenvalue weighted by Crippen LogP contribution is -2.14. The first-order valence-electron chi connectivity index (χ1n) is 7.49. The molecule has 0 saturated heterocycles. The lowest BCUT2D eigenvalue weighted by molar-refractivity contribution is 0.112. The Bertz CT molecular complexity index is 610. The zero-order valence-electron chi connectivity index (χ0n) is 12.7. The maximum absolute atomic E-state index is 10.5. The van der Waals surface area contributed by atoms with Gasteiger partial charge in [-0.15, -0.1) is 0 Å². The van der Waals surface area contributed by atoms with Crippen LogP contribution in [0, 0.1) is 5.92 Å². The van der Waals surface area contributed by atoms with E-state index in [1.54, 1.807) is 30.3 Å². The lowest BCUT2D eigenvalue weighted by Gasteiger charge is -2.21. The highest BCUT2D eigenvalue weighted by Crippen LogP contribution is 2.30. The van der Waals surface area contributed by atoms with E-state index in [9.17, 15) is 15.3 Å². The molecule has 0 radical (unpaired) electrons. The first-order chi connectivity index (χ1) is 10.5. The topological polar surface area (TPSA) is 86.7 Å². The van der Waals surface area contributed by atoms with Crippen LogP contribution in [0.1, 0.15) is 36.1 Å². The Morgan fingerprint density at radius 1 is 1.00 bits per heavy atom. The van der Waals surface area contributed by atoms with E-state index in [1.165, 1.54) is 0 Å². The second-order valence-corrected chi connectivity index (χ2v) is 5.71. The summed E-state index contributed by atoms with van der Waals surface area (Å²) in [5, 5.41) is 29.3. The van der Waals surface area contributed by atoms with Gasteiger partial charge in [0.05, 0.1) is 6.10 Å². The standard InChI is InChI=1S/C18H23NO3/c1-12(2-3-13-4-6-15(20)7-5-13)18(22)17-9-8-16(21)10-14(17)11-19/h4-10,12,18,20-22H,2-3,11,19H2,1H3. The number of hydrogen-bond acceptors (Lipinski definition) is 4. The number of nitrogens with two attached hydrogens (primary N) is 1. The second-order valence-electron chi connectivity index (χ2n) is 5.71. The fourth-order valence-electron chi connectivity index (χ4n) is 2.58. The summed E-state index contributed by atoms with van der Waals surface area (Å²) >= 11 is 0. The zero-order chi connectivity index (χ0) is 16.1. The monoisotopic (exact) mass is 301 g/mol. The van der Waals surface area contributed by atoms with E-state index in [4.69, 9.17) is 5.73 Å². The van der Waals surface area contributed by atoms with Gasteiger partial charge in [-0.05, 0) is 59.7 Å². The van der Waals surface area contributed by atoms with Gasteiger partial charge in [0.15, 0.2) is 0 Å². The third kappa shape index (κ3) is 4.00. The molecule has 0 saturated carbocycles. The number of hydrogen-bond donors (Lipinski definition) is 4. The molecule has 0 spiro atoms. The van der Waals surface area contributed by atoms with Gasteiger partial charge >= 0.3 is 0 Å². The van der Waals surface area contributed by atoms with Crippen molar-refractivity contribution >= 4 is 0 Å². The van der Waals surface area contributed by atoms with E-state index in [0.717, 1.165) is 29.5 Å². The van der Waals surface area contributed by atoms with Crippen molar-refractivity contribution in [3.05, 3.63) is 59.2 Å². The maximum Gasteiger partial charge on any atom is 0.115 e. The number of rotatable bonds is 6. The molecule has 0 heterocycles. The summed E-state index contributed by atoms with van der Waals surface area (Å²) in [6, 6.07) is 12.0. The quantitative estimate of drug-likeness (QED) is 0.661. The van der Waals surface area contributed by atoms with E-state index < -0.39 is 6.10 Å². The van der Waals surface area contributed by atoms with Crippen molar-refractivity contribution in [1.82, 2.24) is 0 Å². The van der Waals surface area contributed by atoms with Gasteiger partial charge in [0.2, 0.25) is 0 Å². The Hall–Kier alpha value is -2.04. The van der Waals surface area contributed by atoms with Crippen LogP contribution in [-0.4, -0.2) is 15.3 Å². The summed E-state index contributed by atoms with van der Waals surface area (Å²) in [6.07, 6.45) is 1.03. The van der Waals surface area contributed by atoms with Gasteiger partial charge in [0.25, 0.3) is 0 Å². The van der Waals surface area contributed by atoms with E-state index >= 15 is 0 Å². The first-order valence-corrected chi connectivity index (χ1v) is 7.49. The van der Waals surface area contributed by atoms with Crippen LogP contribution in [0.5, 0.6) is 11.5 Å². The summed E-state index contributed by atoms with van der Waals surface area (Å²) in [5.41, 5.74) is 8.36. The predicted octanol–water partition coefficient (Wildman–Crippen LogP) is 2.86. The highest BCUT2D eigenvalue weighted by atomic mass is 16.3. The van der Waals surface area contributed by atoms with Crippen LogP contribution in [0.4, 0.5) is 0 Å². The van der Waals surface area contributed by atoms with Crippen LogP contribution in [-0.2, 0) is 13.0 Å². The molecule has 0 aromatic heterocycles. The molecule has 4 nitrogen and oxygen atoms in total. The van der Waals surface area contributed by atoms with E-state index in [2.05, 4.69) is 0 Å². The molecule has 0 bridgehead atoms. The first kappa shape index (κ1) is 16.3. The minimum atomic E-state index is -0.615. The third-order valence-electron chi connectivity index (χ3n) is 4.03. The molecule has 2 atom stereocenters. The van der Waals surface area contributed by atoms with Crippen molar-refractivity contribution in [3.8, 4) is 11.5 Å². The van der Waals surface area contributed by atoms with Gasteiger partial charge in [-0.2, -0.15) is 0 Å². The molecule has 2 unspecified atom stereocenters. The van der Waals surface area contributed by atoms with Crippen LogP contribution in [0.15, 0.2) is 42.5 Å². The van der Waals surface area contributed by atoms with Crippen molar-refractivity contribution in [2.75, 3.05) is 0 Å². The zero-order valence-corrected chi connectivity index (χ0v) is 12.7. The van der Waals surface area contributed by atoms with Crippen molar-refractivity contribution in [1.29, 1.82) is 0 Å². The number of benzene rings is 2. The number of aliphatic hydroxyl groups excluding tert-OH is 1. The van der Waals surface area contributed by atoms with E-state index in [-0.39, 0.29) is 24.0 Å². The number of aromatic hydroxyl groups is 2. The van der Waals surface area contributed by atoms with Crippen molar-refractivity contribution in [2.45, 2.75) is 32.4 Å². The number of aryl methyl sites for hydroxylation is 1. The normalized spacial score (nSPS) is 13.8. The van der Waals surface area contributed by atoms with Crippen LogP contribution >= 0.6 is 0 Å². The average molecular weight is 301 g/mol. The minimum Gasteiger partial charge on any atom is -0.508 e. The van der Waals surface area contributed by atoms with E-state index in [0.29, 0.717) is 0 Å². The Morgan fingerprint density at radius 2 is 1.64 bits per heavy atom. The molecule has 118 valence electrons. The Morgan fingerprint density at radius 3 is 2.27 bits per heavy atom. The van der Waals surface area contributed by atoms with Gasteiger partial charge in [-0.25, -0.2) is 0 Å². The fraction of sp³-hybridized carbons (Fsp3) is 0.333. The number of phenols is 2. The van der Waals surface area contributed by atoms with Gasteiger partial charge in [-0.1, -0.05) is 25.1 Å². The minimum absolute atomic E-state index is 0.0589. The molecule has 0 fully saturated rings. The highest BCUT2D eigenvalue weighted by Gasteiger charge is 2.19. The average Bonchev–Trinajstić information content (AvgIpc) is 2.53. The molecule has 22 heavy (non-hydrogen) atoms. The predicted molar refractivity (Wildman–Crippen MR) is 86.5 cm³/mol. The number of aliphatic hydroxyl groups is 1. The van der Waals surface area contributed by atoms with Crippen molar-refractivity contribution < 1.29 is 15.3 Å². The Labute approximate surface area is 130 Å². The van der Waals surface area contributed by atoms with Crippen molar-refractivity contribution in [2.24, 2.45) is 11.7 Å². The molecule has 0 aliphatic heterocycles. The fourth-order valence-corrected chi connectivity index (χ4v) is 2.58. The summed E-state index contributed by atoms with van der Waals surface area (Å²) < 4.78 is 0. The molecule has 2 aromatic carbocycles. The van der Waals surface area contributed by atoms with Crippen LogP contribution < -0.4 is 5.73 Å². The third-order valence-corrected chi connectivity index (χ3v) is 4.03. The summed E-state index contributed by atoms with van der Waals surface area (Å²) in [7, 11) is 0. The van der Waals surface area contributed by atoms with Crippen LogP contribution in [0.25, 0.3) is 0 Å². The lowest BCUT2D eigenvalue weighted by atomic mass is 9.89. The molecule has 5 N–H and O–H groups in total. The van der Waals surface area contributed by atoms with Crippen LogP contribution in [0.2, 0.25) is 0 Å². The molecular weight excluding hydrogens is 278 g/mol. The molecule has 0 amide bonds. The van der Waals surface area contributed by atoms with Crippen LogP contribution in [0.3, 0.4) is 0 Å². The Kier molecular flexibility index (Phi) is 5.41.